The van der Waals surface area contributed by atoms with Crippen molar-refractivity contribution in [3.8, 4) is 5.75 Å². The number of hydrogen-bond donors (Lipinski definition) is 1. The summed E-state index contributed by atoms with van der Waals surface area (Å²) in [6.45, 7) is 0.664. The van der Waals surface area contributed by atoms with E-state index in [0.29, 0.717) is 24.1 Å². The van der Waals surface area contributed by atoms with Crippen LogP contribution in [0.25, 0.3) is 0 Å². The van der Waals surface area contributed by atoms with E-state index in [-0.39, 0.29) is 36.8 Å². The number of amides is 3. The molecule has 28 heavy (non-hydrogen) atoms. The number of carbonyl (C=O) groups excluding carboxylic acids is 3. The van der Waals surface area contributed by atoms with Crippen molar-refractivity contribution in [1.29, 1.82) is 0 Å². The predicted molar refractivity (Wildman–Crippen MR) is 106 cm³/mol. The lowest BCUT2D eigenvalue weighted by Gasteiger charge is -2.14. The van der Waals surface area contributed by atoms with Crippen LogP contribution in [0.3, 0.4) is 0 Å². The summed E-state index contributed by atoms with van der Waals surface area (Å²) in [4.78, 5) is 38.1. The predicted octanol–water partition coefficient (Wildman–Crippen LogP) is 2.95. The van der Waals surface area contributed by atoms with Crippen LogP contribution in [-0.4, -0.2) is 41.8 Å². The molecule has 0 bridgehead atoms. The normalized spacial score (nSPS) is 17.3. The number of rotatable bonds is 6. The lowest BCUT2D eigenvalue weighted by Crippen LogP contribution is -2.35. The standard InChI is InChI=1S/C21H19BrN2O4/c22-14-7-8-16-17(11-14)21(27)24(20(16)26)9-3-6-19(25)23-12-15-10-13-4-1-2-5-18(13)28-15/h1-2,4-5,7-8,11,15H,3,6,9-10,12H2,(H,23,25). The van der Waals surface area contributed by atoms with Crippen molar-refractivity contribution in [3.05, 3.63) is 63.6 Å². The number of imide groups is 1. The summed E-state index contributed by atoms with van der Waals surface area (Å²) in [5, 5.41) is 2.87. The van der Waals surface area contributed by atoms with Gasteiger partial charge in [0.05, 0.1) is 17.7 Å². The highest BCUT2D eigenvalue weighted by atomic mass is 79.9. The minimum atomic E-state index is -0.307. The number of halogens is 1. The molecule has 0 aliphatic carbocycles. The van der Waals surface area contributed by atoms with Gasteiger partial charge in [0.2, 0.25) is 5.91 Å². The van der Waals surface area contributed by atoms with E-state index in [9.17, 15) is 14.4 Å². The lowest BCUT2D eigenvalue weighted by molar-refractivity contribution is -0.121. The Morgan fingerprint density at radius 3 is 2.75 bits per heavy atom. The number of nitrogens with one attached hydrogen (secondary N) is 1. The van der Waals surface area contributed by atoms with Crippen LogP contribution in [-0.2, 0) is 11.2 Å². The van der Waals surface area contributed by atoms with Gasteiger partial charge < -0.3 is 10.1 Å². The third-order valence-corrected chi connectivity index (χ3v) is 5.45. The van der Waals surface area contributed by atoms with Gasteiger partial charge in [0, 0.05) is 23.9 Å². The van der Waals surface area contributed by atoms with E-state index in [1.54, 1.807) is 18.2 Å². The first-order chi connectivity index (χ1) is 13.5. The molecule has 0 aromatic heterocycles. The van der Waals surface area contributed by atoms with Crippen molar-refractivity contribution in [2.45, 2.75) is 25.4 Å². The van der Waals surface area contributed by atoms with Gasteiger partial charge in [-0.15, -0.1) is 0 Å². The first-order valence-electron chi connectivity index (χ1n) is 9.20. The van der Waals surface area contributed by atoms with Gasteiger partial charge in [-0.3, -0.25) is 19.3 Å². The summed E-state index contributed by atoms with van der Waals surface area (Å²) < 4.78 is 6.56. The Labute approximate surface area is 171 Å². The van der Waals surface area contributed by atoms with Gasteiger partial charge in [-0.25, -0.2) is 0 Å². The first kappa shape index (κ1) is 18.7. The molecule has 0 saturated heterocycles. The van der Waals surface area contributed by atoms with Gasteiger partial charge in [0.1, 0.15) is 11.9 Å². The molecule has 0 saturated carbocycles. The van der Waals surface area contributed by atoms with E-state index >= 15 is 0 Å². The van der Waals surface area contributed by atoms with E-state index in [1.165, 1.54) is 4.90 Å². The summed E-state index contributed by atoms with van der Waals surface area (Å²) in [6, 6.07) is 12.9. The van der Waals surface area contributed by atoms with Crippen LogP contribution in [0.2, 0.25) is 0 Å². The number of nitrogens with zero attached hydrogens (tertiary/aromatic N) is 1. The van der Waals surface area contributed by atoms with E-state index < -0.39 is 0 Å². The van der Waals surface area contributed by atoms with Gasteiger partial charge in [0.15, 0.2) is 0 Å². The van der Waals surface area contributed by atoms with E-state index in [2.05, 4.69) is 21.2 Å². The SMILES string of the molecule is O=C(CCCN1C(=O)c2ccc(Br)cc2C1=O)NCC1Cc2ccccc2O1. The highest BCUT2D eigenvalue weighted by molar-refractivity contribution is 9.10. The molecule has 0 spiro atoms. The molecule has 144 valence electrons. The zero-order valence-corrected chi connectivity index (χ0v) is 16.7. The molecular formula is C21H19BrN2O4. The number of ether oxygens (including phenoxy) is 1. The summed E-state index contributed by atoms with van der Waals surface area (Å²) in [6.07, 6.45) is 1.39. The summed E-state index contributed by atoms with van der Waals surface area (Å²) in [5.74, 6) is 0.154. The molecule has 1 unspecified atom stereocenters. The number of hydrogen-bond acceptors (Lipinski definition) is 4. The zero-order valence-electron chi connectivity index (χ0n) is 15.1. The first-order valence-corrected chi connectivity index (χ1v) is 9.99. The van der Waals surface area contributed by atoms with Crippen molar-refractivity contribution in [3.63, 3.8) is 0 Å². The summed E-state index contributed by atoms with van der Waals surface area (Å²) >= 11 is 3.31. The van der Waals surface area contributed by atoms with Gasteiger partial charge in [-0.2, -0.15) is 0 Å². The van der Waals surface area contributed by atoms with Crippen LogP contribution in [0.4, 0.5) is 0 Å². The molecule has 0 radical (unpaired) electrons. The molecule has 2 aromatic rings. The Kier molecular flexibility index (Phi) is 5.17. The smallest absolute Gasteiger partial charge is 0.261 e. The fourth-order valence-electron chi connectivity index (χ4n) is 3.55. The molecule has 0 fully saturated rings. The molecule has 7 heteroatoms. The molecule has 1 atom stereocenters. The minimum Gasteiger partial charge on any atom is -0.488 e. The average Bonchev–Trinajstić information content (AvgIpc) is 3.20. The fraction of sp³-hybridized carbons (Fsp3) is 0.286. The topological polar surface area (TPSA) is 75.7 Å². The second kappa shape index (κ2) is 7.75. The van der Waals surface area contributed by atoms with Crippen molar-refractivity contribution in [2.75, 3.05) is 13.1 Å². The fourth-order valence-corrected chi connectivity index (χ4v) is 3.91. The molecule has 1 N–H and O–H groups in total. The molecule has 3 amide bonds. The van der Waals surface area contributed by atoms with Crippen LogP contribution in [0.1, 0.15) is 39.1 Å². The molecule has 2 heterocycles. The average molecular weight is 443 g/mol. The molecule has 2 aromatic carbocycles. The Bertz CT molecular complexity index is 934. The van der Waals surface area contributed by atoms with Gasteiger partial charge in [0.25, 0.3) is 11.8 Å². The van der Waals surface area contributed by atoms with Crippen molar-refractivity contribution in [1.82, 2.24) is 10.2 Å². The molecule has 6 nitrogen and oxygen atoms in total. The third-order valence-electron chi connectivity index (χ3n) is 4.96. The number of benzene rings is 2. The summed E-state index contributed by atoms with van der Waals surface area (Å²) in [5.41, 5.74) is 1.97. The number of carbonyl (C=O) groups is 3. The Hall–Kier alpha value is -2.67. The Balaban J connectivity index is 1.22. The van der Waals surface area contributed by atoms with Crippen LogP contribution in [0, 0.1) is 0 Å². The van der Waals surface area contributed by atoms with Gasteiger partial charge in [-0.05, 0) is 36.2 Å². The van der Waals surface area contributed by atoms with Crippen LogP contribution < -0.4 is 10.1 Å². The quantitative estimate of drug-likeness (QED) is 0.697. The van der Waals surface area contributed by atoms with Crippen LogP contribution in [0.5, 0.6) is 5.75 Å². The largest absolute Gasteiger partial charge is 0.488 e. The third kappa shape index (κ3) is 3.67. The monoisotopic (exact) mass is 442 g/mol. The van der Waals surface area contributed by atoms with E-state index in [1.807, 2.05) is 24.3 Å². The van der Waals surface area contributed by atoms with Gasteiger partial charge in [-0.1, -0.05) is 34.1 Å². The van der Waals surface area contributed by atoms with Crippen molar-refractivity contribution in [2.24, 2.45) is 0 Å². The minimum absolute atomic E-state index is 0.0592. The Morgan fingerprint density at radius 1 is 1.14 bits per heavy atom. The maximum Gasteiger partial charge on any atom is 0.261 e. The summed E-state index contributed by atoms with van der Waals surface area (Å²) in [7, 11) is 0. The van der Waals surface area contributed by atoms with Crippen LogP contribution >= 0.6 is 15.9 Å². The Morgan fingerprint density at radius 2 is 1.93 bits per heavy atom. The second-order valence-corrected chi connectivity index (χ2v) is 7.83. The zero-order chi connectivity index (χ0) is 19.7. The lowest BCUT2D eigenvalue weighted by atomic mass is 10.1. The number of para-hydroxylation sites is 1. The van der Waals surface area contributed by atoms with Crippen molar-refractivity contribution < 1.29 is 19.1 Å². The van der Waals surface area contributed by atoms with E-state index in [4.69, 9.17) is 4.74 Å². The molecular weight excluding hydrogens is 424 g/mol. The van der Waals surface area contributed by atoms with Crippen LogP contribution in [0.15, 0.2) is 46.9 Å². The maximum absolute atomic E-state index is 12.4. The molecule has 2 aliphatic heterocycles. The maximum atomic E-state index is 12.4. The van der Waals surface area contributed by atoms with Crippen molar-refractivity contribution >= 4 is 33.7 Å². The highest BCUT2D eigenvalue weighted by Crippen LogP contribution is 2.28. The second-order valence-electron chi connectivity index (χ2n) is 6.91. The van der Waals surface area contributed by atoms with E-state index in [0.717, 1.165) is 22.2 Å². The molecule has 2 aliphatic rings. The highest BCUT2D eigenvalue weighted by Gasteiger charge is 2.35. The molecule has 4 rings (SSSR count). The number of fused-ring (bicyclic) bond motifs is 2. The van der Waals surface area contributed by atoms with Gasteiger partial charge >= 0.3 is 0 Å².